The molecule has 1 unspecified atom stereocenters. The van der Waals surface area contributed by atoms with E-state index in [2.05, 4.69) is 22.1 Å². The number of aromatic amines is 1. The predicted octanol–water partition coefficient (Wildman–Crippen LogP) is 8.18. The molecule has 0 radical (unpaired) electrons. The highest BCUT2D eigenvalue weighted by Crippen LogP contribution is 2.37. The summed E-state index contributed by atoms with van der Waals surface area (Å²) in [5.41, 5.74) is 6.54. The summed E-state index contributed by atoms with van der Waals surface area (Å²) in [4.78, 5) is 17.5. The van der Waals surface area contributed by atoms with Crippen LogP contribution in [0.3, 0.4) is 0 Å². The highest BCUT2D eigenvalue weighted by Gasteiger charge is 2.22. The zero-order valence-corrected chi connectivity index (χ0v) is 21.9. The number of benzene rings is 4. The molecule has 0 bridgehead atoms. The van der Waals surface area contributed by atoms with Gasteiger partial charge in [0.25, 0.3) is 0 Å². The highest BCUT2D eigenvalue weighted by atomic mass is 35.5. The van der Waals surface area contributed by atoms with Crippen molar-refractivity contribution in [1.82, 2.24) is 19.9 Å². The van der Waals surface area contributed by atoms with Crippen molar-refractivity contribution >= 4 is 34.1 Å². The molecule has 0 amide bonds. The van der Waals surface area contributed by atoms with Gasteiger partial charge in [0.1, 0.15) is 5.82 Å². The van der Waals surface area contributed by atoms with E-state index in [1.807, 2.05) is 91.1 Å². The number of hydrogen-bond donors (Lipinski definition) is 1. The molecule has 1 N–H and O–H groups in total. The standard InChI is InChI=1S/C31H22Cl2N4O/c1-38-31-36-26-15-12-21(17-25(26)29(37-31)22-8-5-9-24(33)16-22)28(19-10-13-23(32)14-11-19)27-18-34-30(35-27)20-6-3-2-4-7-20/h2-18,28H,1H3,(H,34,35). The molecule has 1 atom stereocenters. The summed E-state index contributed by atoms with van der Waals surface area (Å²) in [6.07, 6.45) is 1.90. The van der Waals surface area contributed by atoms with Crippen LogP contribution in [0.25, 0.3) is 33.5 Å². The predicted molar refractivity (Wildman–Crippen MR) is 153 cm³/mol. The summed E-state index contributed by atoms with van der Waals surface area (Å²) in [5, 5.41) is 2.21. The Bertz CT molecular complexity index is 1730. The average molecular weight is 537 g/mol. The molecule has 0 aliphatic carbocycles. The number of imidazole rings is 1. The second-order valence-corrected chi connectivity index (χ2v) is 9.76. The van der Waals surface area contributed by atoms with Crippen molar-refractivity contribution < 1.29 is 4.74 Å². The molecule has 0 fully saturated rings. The Morgan fingerprint density at radius 2 is 1.50 bits per heavy atom. The number of aromatic nitrogens is 4. The number of hydrogen-bond acceptors (Lipinski definition) is 4. The molecule has 6 aromatic rings. The van der Waals surface area contributed by atoms with Crippen LogP contribution in [0.1, 0.15) is 22.7 Å². The van der Waals surface area contributed by atoms with Crippen LogP contribution < -0.4 is 4.74 Å². The van der Waals surface area contributed by atoms with Crippen molar-refractivity contribution in [2.75, 3.05) is 7.11 Å². The first-order valence-electron chi connectivity index (χ1n) is 12.1. The first kappa shape index (κ1) is 24.2. The lowest BCUT2D eigenvalue weighted by molar-refractivity contribution is 0.382. The Labute approximate surface area is 230 Å². The Balaban J connectivity index is 1.54. The first-order chi connectivity index (χ1) is 18.6. The van der Waals surface area contributed by atoms with Gasteiger partial charge >= 0.3 is 6.01 Å². The maximum atomic E-state index is 6.33. The molecule has 6 rings (SSSR count). The molecular weight excluding hydrogens is 515 g/mol. The third kappa shape index (κ3) is 4.74. The minimum atomic E-state index is -0.129. The quantitative estimate of drug-likeness (QED) is 0.233. The fourth-order valence-corrected chi connectivity index (χ4v) is 5.00. The molecule has 0 aliphatic heterocycles. The monoisotopic (exact) mass is 536 g/mol. The van der Waals surface area contributed by atoms with Gasteiger partial charge in [-0.15, -0.1) is 0 Å². The lowest BCUT2D eigenvalue weighted by Gasteiger charge is -2.18. The third-order valence-electron chi connectivity index (χ3n) is 6.47. The molecule has 2 aromatic heterocycles. The van der Waals surface area contributed by atoms with Gasteiger partial charge in [0.05, 0.1) is 24.2 Å². The van der Waals surface area contributed by atoms with E-state index in [9.17, 15) is 0 Å². The van der Waals surface area contributed by atoms with Crippen LogP contribution in [-0.4, -0.2) is 27.0 Å². The van der Waals surface area contributed by atoms with Gasteiger partial charge in [-0.25, -0.2) is 4.98 Å². The van der Waals surface area contributed by atoms with E-state index in [0.717, 1.165) is 50.4 Å². The normalized spacial score (nSPS) is 12.0. The maximum absolute atomic E-state index is 6.33. The lowest BCUT2D eigenvalue weighted by atomic mass is 9.87. The first-order valence-corrected chi connectivity index (χ1v) is 12.8. The van der Waals surface area contributed by atoms with Crippen LogP contribution >= 0.6 is 23.2 Å². The van der Waals surface area contributed by atoms with E-state index >= 15 is 0 Å². The van der Waals surface area contributed by atoms with Gasteiger partial charge in [0.2, 0.25) is 0 Å². The molecule has 2 heterocycles. The molecule has 186 valence electrons. The zero-order chi connectivity index (χ0) is 26.1. The second kappa shape index (κ2) is 10.3. The SMILES string of the molecule is COc1nc(-c2cccc(Cl)c2)c2cc(C(c3ccc(Cl)cc3)c3cnc(-c4ccccc4)[nH]3)ccc2n1. The number of ether oxygens (including phenoxy) is 1. The summed E-state index contributed by atoms with van der Waals surface area (Å²) in [7, 11) is 1.57. The van der Waals surface area contributed by atoms with Crippen LogP contribution in [0.2, 0.25) is 10.0 Å². The van der Waals surface area contributed by atoms with Crippen LogP contribution in [0.15, 0.2) is 103 Å². The van der Waals surface area contributed by atoms with E-state index in [-0.39, 0.29) is 5.92 Å². The zero-order valence-electron chi connectivity index (χ0n) is 20.4. The van der Waals surface area contributed by atoms with Gasteiger partial charge < -0.3 is 9.72 Å². The number of H-pyrrole nitrogens is 1. The average Bonchev–Trinajstić information content (AvgIpc) is 3.44. The van der Waals surface area contributed by atoms with Crippen molar-refractivity contribution in [1.29, 1.82) is 0 Å². The Morgan fingerprint density at radius 1 is 0.737 bits per heavy atom. The molecule has 0 saturated carbocycles. The van der Waals surface area contributed by atoms with Crippen LogP contribution in [0, 0.1) is 0 Å². The van der Waals surface area contributed by atoms with Gasteiger partial charge in [0, 0.05) is 38.4 Å². The summed E-state index contributed by atoms with van der Waals surface area (Å²) in [5.74, 6) is 0.684. The number of nitrogens with one attached hydrogen (secondary N) is 1. The summed E-state index contributed by atoms with van der Waals surface area (Å²) in [6, 6.07) is 32.1. The number of rotatable bonds is 6. The second-order valence-electron chi connectivity index (χ2n) is 8.88. The molecule has 38 heavy (non-hydrogen) atoms. The Kier molecular flexibility index (Phi) is 6.54. The van der Waals surface area contributed by atoms with Gasteiger partial charge in [-0.1, -0.05) is 83.9 Å². The van der Waals surface area contributed by atoms with E-state index < -0.39 is 0 Å². The van der Waals surface area contributed by atoms with Gasteiger partial charge in [-0.3, -0.25) is 0 Å². The van der Waals surface area contributed by atoms with Gasteiger partial charge in [0.15, 0.2) is 0 Å². The molecular formula is C31H22Cl2N4O. The summed E-state index contributed by atoms with van der Waals surface area (Å²) in [6.45, 7) is 0. The number of fused-ring (bicyclic) bond motifs is 1. The fourth-order valence-electron chi connectivity index (χ4n) is 4.68. The van der Waals surface area contributed by atoms with Crippen molar-refractivity contribution in [2.24, 2.45) is 0 Å². The number of methoxy groups -OCH3 is 1. The smallest absolute Gasteiger partial charge is 0.317 e. The van der Waals surface area contributed by atoms with Crippen molar-refractivity contribution in [3.63, 3.8) is 0 Å². The van der Waals surface area contributed by atoms with Crippen LogP contribution in [-0.2, 0) is 0 Å². The Morgan fingerprint density at radius 3 is 2.26 bits per heavy atom. The number of halogens is 2. The molecule has 4 aromatic carbocycles. The lowest BCUT2D eigenvalue weighted by Crippen LogP contribution is -2.05. The minimum Gasteiger partial charge on any atom is -0.467 e. The molecule has 0 saturated heterocycles. The highest BCUT2D eigenvalue weighted by molar-refractivity contribution is 6.31. The minimum absolute atomic E-state index is 0.129. The van der Waals surface area contributed by atoms with Crippen LogP contribution in [0.5, 0.6) is 6.01 Å². The largest absolute Gasteiger partial charge is 0.467 e. The Hall–Kier alpha value is -4.19. The fraction of sp³-hybridized carbons (Fsp3) is 0.0645. The molecule has 0 aliphatic rings. The molecule has 0 spiro atoms. The third-order valence-corrected chi connectivity index (χ3v) is 6.96. The summed E-state index contributed by atoms with van der Waals surface area (Å²) < 4.78 is 5.41. The topological polar surface area (TPSA) is 63.7 Å². The van der Waals surface area contributed by atoms with E-state index in [1.54, 1.807) is 7.11 Å². The van der Waals surface area contributed by atoms with E-state index in [1.165, 1.54) is 0 Å². The van der Waals surface area contributed by atoms with E-state index in [4.69, 9.17) is 37.9 Å². The van der Waals surface area contributed by atoms with E-state index in [0.29, 0.717) is 16.1 Å². The van der Waals surface area contributed by atoms with Gasteiger partial charge in [-0.2, -0.15) is 9.97 Å². The summed E-state index contributed by atoms with van der Waals surface area (Å²) >= 11 is 12.6. The maximum Gasteiger partial charge on any atom is 0.317 e. The van der Waals surface area contributed by atoms with Crippen molar-refractivity contribution in [3.8, 4) is 28.7 Å². The molecule has 7 heteroatoms. The van der Waals surface area contributed by atoms with Gasteiger partial charge in [-0.05, 0) is 47.5 Å². The van der Waals surface area contributed by atoms with Crippen molar-refractivity contribution in [2.45, 2.75) is 5.92 Å². The van der Waals surface area contributed by atoms with Crippen molar-refractivity contribution in [3.05, 3.63) is 130 Å². The van der Waals surface area contributed by atoms with Crippen LogP contribution in [0.4, 0.5) is 0 Å². The number of nitrogens with zero attached hydrogens (tertiary/aromatic N) is 3. The molecule has 5 nitrogen and oxygen atoms in total.